The van der Waals surface area contributed by atoms with Gasteiger partial charge in [-0.05, 0) is 70.6 Å². The van der Waals surface area contributed by atoms with Gasteiger partial charge >= 0.3 is 5.97 Å². The number of carbonyl (C=O) groups is 1. The summed E-state index contributed by atoms with van der Waals surface area (Å²) >= 11 is 0. The summed E-state index contributed by atoms with van der Waals surface area (Å²) in [4.78, 5) is 13.1. The number of hydrogen-bond acceptors (Lipinski definition) is 14. The molecule has 0 aromatic carbocycles. The average Bonchev–Trinajstić information content (AvgIpc) is 3.42. The first-order chi connectivity index (χ1) is 37.1. The van der Waals surface area contributed by atoms with Crippen molar-refractivity contribution in [3.8, 4) is 0 Å². The molecule has 2 saturated heterocycles. The van der Waals surface area contributed by atoms with Crippen molar-refractivity contribution in [3.05, 3.63) is 36.5 Å². The van der Waals surface area contributed by atoms with Crippen molar-refractivity contribution in [3.63, 3.8) is 0 Å². The van der Waals surface area contributed by atoms with E-state index < -0.39 is 80.7 Å². The Bertz CT molecular complexity index is 1400. The van der Waals surface area contributed by atoms with Gasteiger partial charge in [0, 0.05) is 13.0 Å². The Kier molecular flexibility index (Phi) is 45.4. The third-order valence-electron chi connectivity index (χ3n) is 14.9. The summed E-state index contributed by atoms with van der Waals surface area (Å²) in [5.74, 6) is -0.376. The van der Waals surface area contributed by atoms with E-state index in [4.69, 9.17) is 28.4 Å². The molecule has 14 nitrogen and oxygen atoms in total. The van der Waals surface area contributed by atoms with E-state index in [-0.39, 0.29) is 25.6 Å². The molecule has 2 rings (SSSR count). The van der Waals surface area contributed by atoms with Crippen LogP contribution in [0.1, 0.15) is 251 Å². The molecule has 2 aliphatic rings. The Hall–Kier alpha value is -1.79. The van der Waals surface area contributed by atoms with Gasteiger partial charge in [0.2, 0.25) is 0 Å². The maximum Gasteiger partial charge on any atom is 0.306 e. The van der Waals surface area contributed by atoms with Crippen molar-refractivity contribution >= 4 is 5.97 Å². The van der Waals surface area contributed by atoms with Crippen molar-refractivity contribution in [2.75, 3.05) is 33.0 Å². The van der Waals surface area contributed by atoms with Gasteiger partial charge in [-0.25, -0.2) is 0 Å². The molecule has 2 aliphatic heterocycles. The molecule has 0 aliphatic carbocycles. The second-order valence-corrected chi connectivity index (χ2v) is 21.9. The number of allylic oxidation sites excluding steroid dienone is 6. The van der Waals surface area contributed by atoms with Crippen LogP contribution >= 0.6 is 0 Å². The van der Waals surface area contributed by atoms with Gasteiger partial charge < -0.3 is 64.2 Å². The van der Waals surface area contributed by atoms with Gasteiger partial charge in [0.1, 0.15) is 54.9 Å². The highest BCUT2D eigenvalue weighted by Crippen LogP contribution is 2.27. The molecule has 11 unspecified atom stereocenters. The van der Waals surface area contributed by atoms with E-state index in [0.717, 1.165) is 51.4 Å². The van der Waals surface area contributed by atoms with Crippen molar-refractivity contribution < 1.29 is 69.0 Å². The van der Waals surface area contributed by atoms with Gasteiger partial charge in [0.15, 0.2) is 12.6 Å². The highest BCUT2D eigenvalue weighted by atomic mass is 16.7. The minimum atomic E-state index is -1.71. The zero-order chi connectivity index (χ0) is 55.1. The van der Waals surface area contributed by atoms with Gasteiger partial charge in [-0.2, -0.15) is 0 Å². The van der Waals surface area contributed by atoms with Gasteiger partial charge in [-0.1, -0.05) is 211 Å². The molecule has 0 amide bonds. The normalized spacial score (nSPS) is 24.6. The minimum absolute atomic E-state index is 0.0593. The van der Waals surface area contributed by atoms with Gasteiger partial charge in [-0.15, -0.1) is 0 Å². The van der Waals surface area contributed by atoms with E-state index in [9.17, 15) is 40.5 Å². The molecule has 0 radical (unpaired) electrons. The molecule has 0 saturated carbocycles. The highest BCUT2D eigenvalue weighted by molar-refractivity contribution is 5.69. The minimum Gasteiger partial charge on any atom is -0.457 e. The molecular formula is C62H114O14. The van der Waals surface area contributed by atoms with Crippen molar-refractivity contribution in [1.82, 2.24) is 0 Å². The van der Waals surface area contributed by atoms with Crippen LogP contribution in [0.4, 0.5) is 0 Å². The number of rotatable bonds is 51. The van der Waals surface area contributed by atoms with E-state index >= 15 is 0 Å². The Morgan fingerprint density at radius 2 is 0.816 bits per heavy atom. The second kappa shape index (κ2) is 49.1. The molecule has 0 spiro atoms. The van der Waals surface area contributed by atoms with Crippen LogP contribution in [0.5, 0.6) is 0 Å². The molecule has 2 heterocycles. The Morgan fingerprint density at radius 1 is 0.434 bits per heavy atom. The summed E-state index contributed by atoms with van der Waals surface area (Å²) in [5, 5.41) is 72.4. The van der Waals surface area contributed by atoms with Crippen LogP contribution < -0.4 is 0 Å². The SMILES string of the molecule is CCCCCCC/C=C\C/C=C\CCCCCCCCCCCCCCCC(=O)OC(COCCCCCCCC/C=C\CCCCCCCCC)COC1OC(COC2OC(CO)C(O)C(O)C2O)C(O)C(O)C1O. The van der Waals surface area contributed by atoms with Crippen LogP contribution in [-0.4, -0.2) is 142 Å². The van der Waals surface area contributed by atoms with Crippen LogP contribution in [-0.2, 0) is 33.2 Å². The van der Waals surface area contributed by atoms with E-state index in [0.29, 0.717) is 13.0 Å². The fourth-order valence-corrected chi connectivity index (χ4v) is 9.84. The molecule has 0 bridgehead atoms. The summed E-state index contributed by atoms with van der Waals surface area (Å²) < 4.78 is 34.4. The molecule has 7 N–H and O–H groups in total. The van der Waals surface area contributed by atoms with E-state index in [1.165, 1.54) is 173 Å². The topological polar surface area (TPSA) is 214 Å². The number of carbonyl (C=O) groups excluding carboxylic acids is 1. The quantitative estimate of drug-likeness (QED) is 0.0172. The van der Waals surface area contributed by atoms with Gasteiger partial charge in [0.05, 0.1) is 26.4 Å². The number of ether oxygens (including phenoxy) is 6. The first-order valence-corrected chi connectivity index (χ1v) is 31.1. The predicted octanol–water partition coefficient (Wildman–Crippen LogP) is 11.7. The predicted molar refractivity (Wildman–Crippen MR) is 303 cm³/mol. The van der Waals surface area contributed by atoms with Crippen LogP contribution in [0.2, 0.25) is 0 Å². The number of aliphatic hydroxyl groups is 7. The van der Waals surface area contributed by atoms with Crippen molar-refractivity contribution in [2.45, 2.75) is 319 Å². The number of esters is 1. The summed E-state index contributed by atoms with van der Waals surface area (Å²) in [5.41, 5.74) is 0. The zero-order valence-electron chi connectivity index (χ0n) is 48.0. The van der Waals surface area contributed by atoms with Crippen LogP contribution in [0.25, 0.3) is 0 Å². The van der Waals surface area contributed by atoms with E-state index in [1.54, 1.807) is 0 Å². The lowest BCUT2D eigenvalue weighted by molar-refractivity contribution is -0.332. The van der Waals surface area contributed by atoms with Gasteiger partial charge in [-0.3, -0.25) is 4.79 Å². The third kappa shape index (κ3) is 35.1. The molecule has 2 fully saturated rings. The Balaban J connectivity index is 1.68. The summed E-state index contributed by atoms with van der Waals surface area (Å²) in [6, 6.07) is 0. The molecule has 76 heavy (non-hydrogen) atoms. The molecule has 14 heteroatoms. The first kappa shape index (κ1) is 70.3. The number of aliphatic hydroxyl groups excluding tert-OH is 7. The lowest BCUT2D eigenvalue weighted by Crippen LogP contribution is -2.61. The van der Waals surface area contributed by atoms with Crippen molar-refractivity contribution in [2.24, 2.45) is 0 Å². The van der Waals surface area contributed by atoms with Crippen LogP contribution in [0.3, 0.4) is 0 Å². The summed E-state index contributed by atoms with van der Waals surface area (Å²) in [6.45, 7) is 3.70. The number of unbranched alkanes of at least 4 members (excludes halogenated alkanes) is 31. The Labute approximate surface area is 461 Å². The lowest BCUT2D eigenvalue weighted by Gasteiger charge is -2.42. The molecule has 0 aromatic rings. The maximum atomic E-state index is 13.1. The maximum absolute atomic E-state index is 13.1. The first-order valence-electron chi connectivity index (χ1n) is 31.1. The third-order valence-corrected chi connectivity index (χ3v) is 14.9. The standard InChI is InChI=1S/C62H114O14/c1-3-5-7-9-11-13-15-17-19-21-22-23-24-25-26-27-28-29-31-33-35-37-39-41-43-45-54(64)74-51(48-71-46-44-42-40-38-36-34-32-30-20-18-16-14-12-10-8-6-4-2)49-72-61-60(70)58(68)56(66)53(76-61)50-73-62-59(69)57(67)55(65)52(47-63)75-62/h15,17,20-22,30,51-53,55-63,65-70H,3-14,16,18-19,23-29,31-50H2,1-2H3/b17-15-,22-21-,30-20-. The molecular weight excluding hydrogens is 969 g/mol. The summed E-state index contributed by atoms with van der Waals surface area (Å²) in [6.07, 6.45) is 42.1. The monoisotopic (exact) mass is 1080 g/mol. The van der Waals surface area contributed by atoms with Crippen LogP contribution in [0, 0.1) is 0 Å². The highest BCUT2D eigenvalue weighted by Gasteiger charge is 2.47. The molecule has 0 aromatic heterocycles. The van der Waals surface area contributed by atoms with Gasteiger partial charge in [0.25, 0.3) is 0 Å². The number of hydrogen-bond donors (Lipinski definition) is 7. The largest absolute Gasteiger partial charge is 0.457 e. The fourth-order valence-electron chi connectivity index (χ4n) is 9.84. The average molecular weight is 1080 g/mol. The van der Waals surface area contributed by atoms with Crippen LogP contribution in [0.15, 0.2) is 36.5 Å². The molecule has 446 valence electrons. The fraction of sp³-hybridized carbons (Fsp3) is 0.887. The lowest BCUT2D eigenvalue weighted by atomic mass is 9.98. The van der Waals surface area contributed by atoms with E-state index in [2.05, 4.69) is 50.3 Å². The van der Waals surface area contributed by atoms with Crippen molar-refractivity contribution in [1.29, 1.82) is 0 Å². The molecule has 11 atom stereocenters. The summed E-state index contributed by atoms with van der Waals surface area (Å²) in [7, 11) is 0. The zero-order valence-corrected chi connectivity index (χ0v) is 48.0. The Morgan fingerprint density at radius 3 is 1.28 bits per heavy atom. The second-order valence-electron chi connectivity index (χ2n) is 21.9. The van der Waals surface area contributed by atoms with E-state index in [1.807, 2.05) is 0 Å². The smallest absolute Gasteiger partial charge is 0.306 e.